The molecule has 1 aliphatic rings. The quantitative estimate of drug-likeness (QED) is 0.234. The first-order valence-corrected chi connectivity index (χ1v) is 13.9. The van der Waals surface area contributed by atoms with Crippen LogP contribution in [0.5, 0.6) is 5.75 Å². The van der Waals surface area contributed by atoms with Crippen LogP contribution in [-0.4, -0.2) is 74.6 Å². The molecule has 6 rings (SSSR count). The second-order valence-corrected chi connectivity index (χ2v) is 11.0. The number of aromatic amines is 1. The monoisotopic (exact) mass is 561 g/mol. The Balaban J connectivity index is 1.10. The number of benzene rings is 2. The number of phenolic OH excluding ortho intramolecular Hbond substituents is 1. The summed E-state index contributed by atoms with van der Waals surface area (Å²) in [4.78, 5) is 24.3. The van der Waals surface area contributed by atoms with E-state index in [1.165, 1.54) is 30.9 Å². The Labute approximate surface area is 228 Å². The number of nitrogens with zero attached hydrogens (tertiary/aromatic N) is 6. The minimum absolute atomic E-state index is 0.00621. The first kappa shape index (κ1) is 24.8. The van der Waals surface area contributed by atoms with Crippen molar-refractivity contribution < 1.29 is 13.5 Å². The molecule has 0 spiro atoms. The zero-order chi connectivity index (χ0) is 27.0. The lowest BCUT2D eigenvalue weighted by Crippen LogP contribution is -2.50. The van der Waals surface area contributed by atoms with Crippen molar-refractivity contribution in [2.75, 3.05) is 41.1 Å². The average Bonchev–Trinajstić information content (AvgIpc) is 3.31. The number of thiocarbonyl (C=S) groups is 1. The molecule has 198 valence electrons. The van der Waals surface area contributed by atoms with Crippen LogP contribution < -0.4 is 14.9 Å². The molecule has 1 fully saturated rings. The van der Waals surface area contributed by atoms with Crippen LogP contribution in [0.25, 0.3) is 21.9 Å². The van der Waals surface area contributed by atoms with Crippen LogP contribution in [0.2, 0.25) is 0 Å². The predicted molar refractivity (Wildman–Crippen MR) is 152 cm³/mol. The molecule has 4 heterocycles. The highest BCUT2D eigenvalue weighted by molar-refractivity contribution is 7.92. The fourth-order valence-corrected chi connectivity index (χ4v) is 5.77. The number of hydrogen-bond donors (Lipinski definition) is 4. The van der Waals surface area contributed by atoms with Gasteiger partial charge in [-0.2, -0.15) is 0 Å². The summed E-state index contributed by atoms with van der Waals surface area (Å²) in [6.45, 7) is 2.74. The third-order valence-corrected chi connectivity index (χ3v) is 8.13. The number of rotatable bonds is 5. The summed E-state index contributed by atoms with van der Waals surface area (Å²) in [7, 11) is -3.82. The lowest BCUT2D eigenvalue weighted by molar-refractivity contribution is 0.390. The van der Waals surface area contributed by atoms with Crippen LogP contribution in [0.3, 0.4) is 0 Å². The van der Waals surface area contributed by atoms with Crippen molar-refractivity contribution in [2.45, 2.75) is 4.90 Å². The number of aromatic hydroxyl groups is 1. The second-order valence-electron chi connectivity index (χ2n) is 8.88. The highest BCUT2D eigenvalue weighted by atomic mass is 32.2. The van der Waals surface area contributed by atoms with Crippen molar-refractivity contribution in [1.29, 1.82) is 0 Å². The SMILES string of the molecule is O=S(=O)(Nc1ncccn1)c1ccc(NC(=S)N2CCN(c3ncnc4[nH]c5cc(O)ccc5c34)CC2)cc1. The molecule has 0 bridgehead atoms. The van der Waals surface area contributed by atoms with Crippen molar-refractivity contribution in [3.8, 4) is 5.75 Å². The van der Waals surface area contributed by atoms with Gasteiger partial charge in [0.25, 0.3) is 10.0 Å². The third-order valence-electron chi connectivity index (χ3n) is 6.43. The first-order chi connectivity index (χ1) is 18.9. The Hall–Kier alpha value is -4.56. The molecule has 12 nitrogen and oxygen atoms in total. The summed E-state index contributed by atoms with van der Waals surface area (Å²) in [5.41, 5.74) is 2.20. The van der Waals surface area contributed by atoms with Gasteiger partial charge in [0.2, 0.25) is 5.95 Å². The number of nitrogens with one attached hydrogen (secondary N) is 3. The van der Waals surface area contributed by atoms with Gasteiger partial charge in [0.15, 0.2) is 5.11 Å². The molecule has 0 aliphatic carbocycles. The maximum absolute atomic E-state index is 12.6. The molecule has 5 aromatic rings. The second kappa shape index (κ2) is 9.96. The summed E-state index contributed by atoms with van der Waals surface area (Å²) in [6.07, 6.45) is 4.46. The number of fused-ring (bicyclic) bond motifs is 3. The highest BCUT2D eigenvalue weighted by Crippen LogP contribution is 2.33. The molecule has 4 N–H and O–H groups in total. The van der Waals surface area contributed by atoms with Crippen molar-refractivity contribution in [2.24, 2.45) is 0 Å². The standard InChI is InChI=1S/C25H23N9O3S2/c35-17-4-7-19-20(14-17)31-22-21(19)23(29-15-28-22)33-10-12-34(13-11-33)25(38)30-16-2-5-18(6-3-16)39(36,37)32-24-26-8-1-9-27-24/h1-9,14-15,35H,10-13H2,(H,30,38)(H,26,27,32)(H,28,29,31). The largest absolute Gasteiger partial charge is 0.508 e. The lowest BCUT2D eigenvalue weighted by Gasteiger charge is -2.37. The van der Waals surface area contributed by atoms with E-state index in [-0.39, 0.29) is 16.6 Å². The van der Waals surface area contributed by atoms with Crippen LogP contribution in [-0.2, 0) is 10.0 Å². The topological polar surface area (TPSA) is 152 Å². The van der Waals surface area contributed by atoms with Gasteiger partial charge in [-0.05, 0) is 54.7 Å². The normalized spacial score (nSPS) is 14.1. The third kappa shape index (κ3) is 4.98. The maximum atomic E-state index is 12.6. The molecule has 0 amide bonds. The van der Waals surface area contributed by atoms with Crippen molar-refractivity contribution in [3.05, 3.63) is 67.3 Å². The van der Waals surface area contributed by atoms with Crippen LogP contribution >= 0.6 is 12.2 Å². The Kier molecular flexibility index (Phi) is 6.32. The zero-order valence-corrected chi connectivity index (χ0v) is 22.1. The van der Waals surface area contributed by atoms with Crippen molar-refractivity contribution in [1.82, 2.24) is 29.8 Å². The van der Waals surface area contributed by atoms with E-state index in [2.05, 4.69) is 44.8 Å². The average molecular weight is 562 g/mol. The number of anilines is 3. The molecular formula is C25H23N9O3S2. The number of H-pyrrole nitrogens is 1. The molecular weight excluding hydrogens is 538 g/mol. The van der Waals surface area contributed by atoms with Crippen molar-refractivity contribution in [3.63, 3.8) is 0 Å². The van der Waals surface area contributed by atoms with Gasteiger partial charge in [-0.15, -0.1) is 0 Å². The fourth-order valence-electron chi connectivity index (χ4n) is 4.51. The molecule has 2 aromatic carbocycles. The molecule has 0 unspecified atom stereocenters. The summed E-state index contributed by atoms with van der Waals surface area (Å²) in [5.74, 6) is 1.03. The van der Waals surface area contributed by atoms with Gasteiger partial charge < -0.3 is 25.2 Å². The zero-order valence-electron chi connectivity index (χ0n) is 20.4. The predicted octanol–water partition coefficient (Wildman–Crippen LogP) is 2.93. The van der Waals surface area contributed by atoms with E-state index in [4.69, 9.17) is 12.2 Å². The van der Waals surface area contributed by atoms with E-state index in [9.17, 15) is 13.5 Å². The summed E-state index contributed by atoms with van der Waals surface area (Å²) in [6, 6.07) is 13.1. The molecule has 0 atom stereocenters. The van der Waals surface area contributed by atoms with Gasteiger partial charge in [0, 0.05) is 55.7 Å². The van der Waals surface area contributed by atoms with E-state index < -0.39 is 10.0 Å². The number of sulfonamides is 1. The molecule has 0 radical (unpaired) electrons. The summed E-state index contributed by atoms with van der Waals surface area (Å²) < 4.78 is 27.6. The molecule has 14 heteroatoms. The Bertz CT molecular complexity index is 1770. The van der Waals surface area contributed by atoms with E-state index >= 15 is 0 Å². The fraction of sp³-hybridized carbons (Fsp3) is 0.160. The molecule has 39 heavy (non-hydrogen) atoms. The van der Waals surface area contributed by atoms with E-state index in [1.54, 1.807) is 30.3 Å². The number of aromatic nitrogens is 5. The number of piperazine rings is 1. The minimum Gasteiger partial charge on any atom is -0.508 e. The Morgan fingerprint density at radius 2 is 1.72 bits per heavy atom. The smallest absolute Gasteiger partial charge is 0.264 e. The molecule has 1 aliphatic heterocycles. The first-order valence-electron chi connectivity index (χ1n) is 12.0. The van der Waals surface area contributed by atoms with Crippen LogP contribution in [0.15, 0.2) is 72.1 Å². The van der Waals surface area contributed by atoms with E-state index in [0.717, 1.165) is 27.8 Å². The van der Waals surface area contributed by atoms with Gasteiger partial charge >= 0.3 is 0 Å². The van der Waals surface area contributed by atoms with E-state index in [0.29, 0.717) is 37.0 Å². The molecule has 1 saturated heterocycles. The Morgan fingerprint density at radius 1 is 0.974 bits per heavy atom. The van der Waals surface area contributed by atoms with Crippen LogP contribution in [0.1, 0.15) is 0 Å². The van der Waals surface area contributed by atoms with Gasteiger partial charge in [-0.3, -0.25) is 0 Å². The van der Waals surface area contributed by atoms with Crippen LogP contribution in [0, 0.1) is 0 Å². The Morgan fingerprint density at radius 3 is 2.46 bits per heavy atom. The summed E-state index contributed by atoms with van der Waals surface area (Å²) >= 11 is 5.64. The van der Waals surface area contributed by atoms with Gasteiger partial charge in [-0.1, -0.05) is 0 Å². The van der Waals surface area contributed by atoms with E-state index in [1.807, 2.05) is 6.07 Å². The molecule has 0 saturated carbocycles. The number of phenols is 1. The summed E-state index contributed by atoms with van der Waals surface area (Å²) in [5, 5.41) is 15.5. The van der Waals surface area contributed by atoms with Crippen molar-refractivity contribution >= 4 is 66.7 Å². The van der Waals surface area contributed by atoms with Gasteiger partial charge in [0.1, 0.15) is 23.5 Å². The lowest BCUT2D eigenvalue weighted by atomic mass is 10.2. The van der Waals surface area contributed by atoms with Crippen LogP contribution in [0.4, 0.5) is 17.5 Å². The van der Waals surface area contributed by atoms with Gasteiger partial charge in [0.05, 0.1) is 15.8 Å². The maximum Gasteiger partial charge on any atom is 0.264 e. The van der Waals surface area contributed by atoms with Gasteiger partial charge in [-0.25, -0.2) is 33.1 Å². The minimum atomic E-state index is -3.82. The number of hydrogen-bond acceptors (Lipinski definition) is 9. The highest BCUT2D eigenvalue weighted by Gasteiger charge is 2.23. The molecule has 3 aromatic heterocycles.